The molecule has 1 unspecified atom stereocenters. The van der Waals surface area contributed by atoms with E-state index < -0.39 is 11.7 Å². The molecular formula is C18H21F3N4O. The molecular weight excluding hydrogens is 345 g/mol. The average Bonchev–Trinajstić information content (AvgIpc) is 3.01. The van der Waals surface area contributed by atoms with Crippen molar-refractivity contribution in [2.24, 2.45) is 7.05 Å². The van der Waals surface area contributed by atoms with Crippen molar-refractivity contribution < 1.29 is 18.0 Å². The number of halogens is 3. The van der Waals surface area contributed by atoms with Gasteiger partial charge in [0.1, 0.15) is 5.69 Å². The van der Waals surface area contributed by atoms with Crippen molar-refractivity contribution >= 4 is 5.91 Å². The summed E-state index contributed by atoms with van der Waals surface area (Å²) in [4.78, 5) is 18.3. The van der Waals surface area contributed by atoms with Gasteiger partial charge in [0.15, 0.2) is 0 Å². The van der Waals surface area contributed by atoms with Gasteiger partial charge in [-0.15, -0.1) is 0 Å². The van der Waals surface area contributed by atoms with E-state index in [4.69, 9.17) is 0 Å². The summed E-state index contributed by atoms with van der Waals surface area (Å²) in [6, 6.07) is 5.36. The van der Waals surface area contributed by atoms with Gasteiger partial charge in [0.2, 0.25) is 0 Å². The number of aryl methyl sites for hydroxylation is 1. The molecule has 0 saturated carbocycles. The Kier molecular flexibility index (Phi) is 5.31. The highest BCUT2D eigenvalue weighted by Crippen LogP contribution is 2.30. The Bertz CT molecular complexity index is 772. The van der Waals surface area contributed by atoms with E-state index in [2.05, 4.69) is 15.2 Å². The highest BCUT2D eigenvalue weighted by Gasteiger charge is 2.30. The minimum Gasteiger partial charge on any atom is -0.347 e. The number of likely N-dealkylation sites (tertiary alicyclic amines) is 1. The molecule has 26 heavy (non-hydrogen) atoms. The minimum absolute atomic E-state index is 0.0379. The molecule has 1 fully saturated rings. The van der Waals surface area contributed by atoms with Crippen LogP contribution in [0.2, 0.25) is 0 Å². The fraction of sp³-hybridized carbons (Fsp3) is 0.444. The molecule has 1 aliphatic heterocycles. The summed E-state index contributed by atoms with van der Waals surface area (Å²) in [7, 11) is 1.79. The molecule has 0 radical (unpaired) electrons. The lowest BCUT2D eigenvalue weighted by atomic mass is 10.0. The third-order valence-electron chi connectivity index (χ3n) is 4.44. The number of carbonyl (C=O) groups is 1. The zero-order chi connectivity index (χ0) is 18.7. The molecule has 1 atom stereocenters. The van der Waals surface area contributed by atoms with Gasteiger partial charge in [0, 0.05) is 32.4 Å². The summed E-state index contributed by atoms with van der Waals surface area (Å²) in [6.07, 6.45) is 0.606. The van der Waals surface area contributed by atoms with Gasteiger partial charge in [-0.25, -0.2) is 4.98 Å². The van der Waals surface area contributed by atoms with Crippen LogP contribution in [0.4, 0.5) is 13.2 Å². The van der Waals surface area contributed by atoms with Crippen LogP contribution in [0.5, 0.6) is 0 Å². The molecule has 0 aliphatic carbocycles. The fourth-order valence-corrected chi connectivity index (χ4v) is 3.21. The predicted octanol–water partition coefficient (Wildman–Crippen LogP) is 2.83. The molecule has 1 aromatic carbocycles. The number of imidazole rings is 1. The number of aromatic nitrogens is 2. The van der Waals surface area contributed by atoms with Gasteiger partial charge in [0.25, 0.3) is 5.91 Å². The van der Waals surface area contributed by atoms with Gasteiger partial charge in [-0.3, -0.25) is 9.69 Å². The second kappa shape index (κ2) is 7.49. The maximum atomic E-state index is 12.8. The summed E-state index contributed by atoms with van der Waals surface area (Å²) >= 11 is 0. The van der Waals surface area contributed by atoms with Crippen LogP contribution in [0.15, 0.2) is 36.8 Å². The quantitative estimate of drug-likeness (QED) is 0.905. The Morgan fingerprint density at radius 3 is 2.88 bits per heavy atom. The lowest BCUT2D eigenvalue weighted by molar-refractivity contribution is -0.137. The van der Waals surface area contributed by atoms with Crippen LogP contribution in [0.1, 0.15) is 34.5 Å². The van der Waals surface area contributed by atoms with E-state index in [1.807, 2.05) is 0 Å². The Morgan fingerprint density at radius 2 is 2.19 bits per heavy atom. The number of benzene rings is 1. The molecule has 2 aromatic rings. The number of nitrogens with one attached hydrogen (secondary N) is 1. The van der Waals surface area contributed by atoms with Crippen molar-refractivity contribution in [3.8, 4) is 0 Å². The van der Waals surface area contributed by atoms with E-state index >= 15 is 0 Å². The number of rotatable bonds is 4. The number of hydrogen-bond acceptors (Lipinski definition) is 3. The van der Waals surface area contributed by atoms with Crippen LogP contribution in [0.3, 0.4) is 0 Å². The van der Waals surface area contributed by atoms with Crippen molar-refractivity contribution in [1.82, 2.24) is 19.8 Å². The summed E-state index contributed by atoms with van der Waals surface area (Å²) in [6.45, 7) is 1.83. The van der Waals surface area contributed by atoms with Crippen LogP contribution in [-0.4, -0.2) is 39.5 Å². The second-order valence-electron chi connectivity index (χ2n) is 6.67. The van der Waals surface area contributed by atoms with Gasteiger partial charge >= 0.3 is 6.18 Å². The number of nitrogens with zero attached hydrogens (tertiary/aromatic N) is 3. The van der Waals surface area contributed by atoms with Crippen molar-refractivity contribution in [3.05, 3.63) is 53.6 Å². The SMILES string of the molecule is Cn1cnc(C(=O)NC2CCCN(Cc3cccc(C(F)(F)F)c3)C2)c1. The first-order valence-corrected chi connectivity index (χ1v) is 8.48. The molecule has 5 nitrogen and oxygen atoms in total. The molecule has 1 aromatic heterocycles. The minimum atomic E-state index is -4.34. The fourth-order valence-electron chi connectivity index (χ4n) is 3.21. The van der Waals surface area contributed by atoms with Crippen molar-refractivity contribution in [2.45, 2.75) is 31.6 Å². The van der Waals surface area contributed by atoms with Crippen LogP contribution in [0.25, 0.3) is 0 Å². The highest BCUT2D eigenvalue weighted by molar-refractivity contribution is 5.92. The van der Waals surface area contributed by atoms with Gasteiger partial charge in [0.05, 0.1) is 11.9 Å². The first kappa shape index (κ1) is 18.4. The normalized spacial score (nSPS) is 18.7. The molecule has 1 N–H and O–H groups in total. The molecule has 0 bridgehead atoms. The van der Waals surface area contributed by atoms with E-state index in [0.29, 0.717) is 24.3 Å². The maximum absolute atomic E-state index is 12.8. The topological polar surface area (TPSA) is 50.2 Å². The third-order valence-corrected chi connectivity index (χ3v) is 4.44. The average molecular weight is 366 g/mol. The van der Waals surface area contributed by atoms with Crippen LogP contribution in [-0.2, 0) is 19.8 Å². The summed E-state index contributed by atoms with van der Waals surface area (Å²) in [5.41, 5.74) is 0.353. The van der Waals surface area contributed by atoms with Crippen LogP contribution >= 0.6 is 0 Å². The Labute approximate surface area is 149 Å². The van der Waals surface area contributed by atoms with E-state index in [1.54, 1.807) is 30.2 Å². The first-order valence-electron chi connectivity index (χ1n) is 8.48. The molecule has 1 aliphatic rings. The smallest absolute Gasteiger partial charge is 0.347 e. The molecule has 2 heterocycles. The van der Waals surface area contributed by atoms with Crippen molar-refractivity contribution in [3.63, 3.8) is 0 Å². The number of alkyl halides is 3. The lowest BCUT2D eigenvalue weighted by Gasteiger charge is -2.33. The third kappa shape index (κ3) is 4.63. The second-order valence-corrected chi connectivity index (χ2v) is 6.67. The van der Waals surface area contributed by atoms with Crippen LogP contribution < -0.4 is 5.32 Å². The first-order chi connectivity index (χ1) is 12.3. The summed E-state index contributed by atoms with van der Waals surface area (Å²) in [5.74, 6) is -0.225. The lowest BCUT2D eigenvalue weighted by Crippen LogP contribution is -2.47. The van der Waals surface area contributed by atoms with Gasteiger partial charge in [-0.2, -0.15) is 13.2 Å². The molecule has 1 saturated heterocycles. The number of carbonyl (C=O) groups excluding carboxylic acids is 1. The van der Waals surface area contributed by atoms with E-state index in [-0.39, 0.29) is 11.9 Å². The molecule has 140 valence electrons. The van der Waals surface area contributed by atoms with Gasteiger partial charge in [-0.05, 0) is 31.0 Å². The summed E-state index contributed by atoms with van der Waals surface area (Å²) < 4.78 is 40.2. The van der Waals surface area contributed by atoms with Gasteiger partial charge in [-0.1, -0.05) is 18.2 Å². The Hall–Kier alpha value is -2.35. The molecule has 8 heteroatoms. The highest BCUT2D eigenvalue weighted by atomic mass is 19.4. The monoisotopic (exact) mass is 366 g/mol. The predicted molar refractivity (Wildman–Crippen MR) is 90.4 cm³/mol. The summed E-state index contributed by atoms with van der Waals surface area (Å²) in [5, 5.41) is 2.96. The van der Waals surface area contributed by atoms with Crippen molar-refractivity contribution in [1.29, 1.82) is 0 Å². The molecule has 0 spiro atoms. The Balaban J connectivity index is 1.59. The largest absolute Gasteiger partial charge is 0.416 e. The van der Waals surface area contributed by atoms with Gasteiger partial charge < -0.3 is 9.88 Å². The van der Waals surface area contributed by atoms with E-state index in [0.717, 1.165) is 25.5 Å². The standard InChI is InChI=1S/C18H21F3N4O/c1-24-11-16(22-12-24)17(26)23-15-6-3-7-25(10-15)9-13-4-2-5-14(8-13)18(19,20)21/h2,4-5,8,11-12,15H,3,6-7,9-10H2,1H3,(H,23,26). The van der Waals surface area contributed by atoms with Crippen molar-refractivity contribution in [2.75, 3.05) is 13.1 Å². The van der Waals surface area contributed by atoms with E-state index in [9.17, 15) is 18.0 Å². The molecule has 3 rings (SSSR count). The number of hydrogen-bond donors (Lipinski definition) is 1. The number of piperidine rings is 1. The van der Waals surface area contributed by atoms with E-state index in [1.165, 1.54) is 12.1 Å². The zero-order valence-electron chi connectivity index (χ0n) is 14.5. The zero-order valence-corrected chi connectivity index (χ0v) is 14.5. The maximum Gasteiger partial charge on any atom is 0.416 e. The molecule has 1 amide bonds. The number of amides is 1. The van der Waals surface area contributed by atoms with Crippen LogP contribution in [0, 0.1) is 0 Å². The Morgan fingerprint density at radius 1 is 1.38 bits per heavy atom.